The van der Waals surface area contributed by atoms with E-state index in [1.165, 1.54) is 12.8 Å². The first-order chi connectivity index (χ1) is 9.13. The van der Waals surface area contributed by atoms with Crippen LogP contribution >= 0.6 is 0 Å². The summed E-state index contributed by atoms with van der Waals surface area (Å²) >= 11 is 0. The molecule has 100 valence electrons. The largest absolute Gasteiger partial charge is 0.305 e. The minimum absolute atomic E-state index is 0.152. The fourth-order valence-electron chi connectivity index (χ4n) is 2.13. The lowest BCUT2D eigenvalue weighted by atomic mass is 10.3. The molecule has 2 heterocycles. The number of amides is 1. The minimum Gasteiger partial charge on any atom is -0.305 e. The van der Waals surface area contributed by atoms with Crippen molar-refractivity contribution in [2.45, 2.75) is 26.3 Å². The topological polar surface area (TPSA) is 64.7 Å². The van der Waals surface area contributed by atoms with Crippen molar-refractivity contribution in [2.24, 2.45) is 13.0 Å². The molecule has 0 aromatic carbocycles. The molecule has 19 heavy (non-hydrogen) atoms. The number of hydrogen-bond donors (Lipinski definition) is 1. The van der Waals surface area contributed by atoms with E-state index in [1.54, 1.807) is 24.0 Å². The van der Waals surface area contributed by atoms with Crippen molar-refractivity contribution in [3.05, 3.63) is 29.7 Å². The number of hydrogen-bond acceptors (Lipinski definition) is 3. The van der Waals surface area contributed by atoms with Crippen LogP contribution in [0.5, 0.6) is 0 Å². The van der Waals surface area contributed by atoms with Crippen molar-refractivity contribution < 1.29 is 4.79 Å². The third kappa shape index (κ3) is 2.52. The van der Waals surface area contributed by atoms with Crippen molar-refractivity contribution in [1.29, 1.82) is 0 Å². The number of carbonyl (C=O) groups excluding carboxylic acids is 1. The molecule has 1 saturated carbocycles. The van der Waals surface area contributed by atoms with E-state index < -0.39 is 0 Å². The van der Waals surface area contributed by atoms with Gasteiger partial charge in [0.25, 0.3) is 5.91 Å². The highest BCUT2D eigenvalue weighted by molar-refractivity contribution is 6.02. The first-order valence-electron chi connectivity index (χ1n) is 6.47. The lowest BCUT2D eigenvalue weighted by Crippen LogP contribution is -2.19. The average molecular weight is 259 g/mol. The Labute approximate surface area is 111 Å². The molecular formula is C13H17N5O. The summed E-state index contributed by atoms with van der Waals surface area (Å²) in [5.74, 6) is 1.31. The third-order valence-electron chi connectivity index (χ3n) is 3.32. The summed E-state index contributed by atoms with van der Waals surface area (Å²) in [5.41, 5.74) is 1.39. The summed E-state index contributed by atoms with van der Waals surface area (Å²) in [6, 6.07) is 3.60. The van der Waals surface area contributed by atoms with Gasteiger partial charge in [-0.2, -0.15) is 10.2 Å². The maximum absolute atomic E-state index is 12.2. The van der Waals surface area contributed by atoms with Crippen molar-refractivity contribution in [1.82, 2.24) is 19.6 Å². The molecule has 1 N–H and O–H groups in total. The molecule has 2 aromatic rings. The first-order valence-corrected chi connectivity index (χ1v) is 6.47. The average Bonchev–Trinajstić information content (AvgIpc) is 2.96. The maximum atomic E-state index is 12.2. The van der Waals surface area contributed by atoms with Crippen LogP contribution in [0, 0.1) is 12.8 Å². The monoisotopic (exact) mass is 259 g/mol. The molecule has 0 bridgehead atoms. The number of anilines is 1. The SMILES string of the molecule is Cc1cc(C(=O)Nc2ccnn2CC2CC2)n(C)n1. The quantitative estimate of drug-likeness (QED) is 0.906. The molecule has 1 fully saturated rings. The third-order valence-corrected chi connectivity index (χ3v) is 3.32. The van der Waals surface area contributed by atoms with Crippen molar-refractivity contribution in [3.8, 4) is 0 Å². The van der Waals surface area contributed by atoms with Crippen LogP contribution in [0.15, 0.2) is 18.3 Å². The van der Waals surface area contributed by atoms with Gasteiger partial charge in [-0.05, 0) is 31.7 Å². The molecule has 6 heteroatoms. The highest BCUT2D eigenvalue weighted by atomic mass is 16.2. The molecule has 1 aliphatic rings. The highest BCUT2D eigenvalue weighted by Crippen LogP contribution is 2.31. The van der Waals surface area contributed by atoms with Gasteiger partial charge in [0, 0.05) is 19.7 Å². The predicted molar refractivity (Wildman–Crippen MR) is 70.8 cm³/mol. The van der Waals surface area contributed by atoms with Gasteiger partial charge in [0.15, 0.2) is 0 Å². The van der Waals surface area contributed by atoms with Gasteiger partial charge in [0.1, 0.15) is 11.5 Å². The van der Waals surface area contributed by atoms with Crippen LogP contribution < -0.4 is 5.32 Å². The summed E-state index contributed by atoms with van der Waals surface area (Å²) in [5, 5.41) is 11.3. The summed E-state index contributed by atoms with van der Waals surface area (Å²) < 4.78 is 3.45. The van der Waals surface area contributed by atoms with Crippen LogP contribution in [-0.4, -0.2) is 25.5 Å². The number of rotatable bonds is 4. The van der Waals surface area contributed by atoms with Gasteiger partial charge in [-0.25, -0.2) is 4.68 Å². The van der Waals surface area contributed by atoms with E-state index in [9.17, 15) is 4.79 Å². The van der Waals surface area contributed by atoms with Gasteiger partial charge < -0.3 is 5.32 Å². The van der Waals surface area contributed by atoms with E-state index in [1.807, 2.05) is 17.7 Å². The molecule has 0 saturated heterocycles. The van der Waals surface area contributed by atoms with E-state index >= 15 is 0 Å². The number of carbonyl (C=O) groups is 1. The van der Waals surface area contributed by atoms with E-state index in [0.717, 1.165) is 24.0 Å². The van der Waals surface area contributed by atoms with Crippen LogP contribution in [0.4, 0.5) is 5.82 Å². The first kappa shape index (κ1) is 12.0. The van der Waals surface area contributed by atoms with Gasteiger partial charge in [0.2, 0.25) is 0 Å². The zero-order valence-electron chi connectivity index (χ0n) is 11.1. The highest BCUT2D eigenvalue weighted by Gasteiger charge is 2.23. The Morgan fingerprint density at radius 1 is 1.53 bits per heavy atom. The molecular weight excluding hydrogens is 242 g/mol. The van der Waals surface area contributed by atoms with Crippen LogP contribution in [0.25, 0.3) is 0 Å². The number of nitrogens with zero attached hydrogens (tertiary/aromatic N) is 4. The van der Waals surface area contributed by atoms with Crippen molar-refractivity contribution >= 4 is 11.7 Å². The number of nitrogens with one attached hydrogen (secondary N) is 1. The smallest absolute Gasteiger partial charge is 0.275 e. The summed E-state index contributed by atoms with van der Waals surface area (Å²) in [7, 11) is 1.77. The van der Waals surface area contributed by atoms with Crippen LogP contribution in [-0.2, 0) is 13.6 Å². The molecule has 2 aromatic heterocycles. The Balaban J connectivity index is 1.75. The number of aromatic nitrogens is 4. The van der Waals surface area contributed by atoms with Gasteiger partial charge in [-0.15, -0.1) is 0 Å². The summed E-state index contributed by atoms with van der Waals surface area (Å²) in [6.07, 6.45) is 4.23. The van der Waals surface area contributed by atoms with E-state index in [4.69, 9.17) is 0 Å². The Bertz CT molecular complexity index is 608. The summed E-state index contributed by atoms with van der Waals surface area (Å²) in [4.78, 5) is 12.2. The molecule has 0 atom stereocenters. The lowest BCUT2D eigenvalue weighted by molar-refractivity contribution is 0.101. The van der Waals surface area contributed by atoms with Crippen molar-refractivity contribution in [3.63, 3.8) is 0 Å². The Hall–Kier alpha value is -2.11. The predicted octanol–water partition coefficient (Wildman–Crippen LogP) is 1.59. The lowest BCUT2D eigenvalue weighted by Gasteiger charge is -2.08. The second-order valence-corrected chi connectivity index (χ2v) is 5.09. The second-order valence-electron chi connectivity index (χ2n) is 5.09. The Morgan fingerprint density at radius 2 is 2.32 bits per heavy atom. The zero-order valence-corrected chi connectivity index (χ0v) is 11.1. The second kappa shape index (κ2) is 4.53. The van der Waals surface area contributed by atoms with Crippen LogP contribution in [0.2, 0.25) is 0 Å². The molecule has 1 aliphatic carbocycles. The van der Waals surface area contributed by atoms with E-state index in [-0.39, 0.29) is 5.91 Å². The molecule has 6 nitrogen and oxygen atoms in total. The van der Waals surface area contributed by atoms with Crippen LogP contribution in [0.1, 0.15) is 29.0 Å². The summed E-state index contributed by atoms with van der Waals surface area (Å²) in [6.45, 7) is 2.75. The van der Waals surface area contributed by atoms with Crippen molar-refractivity contribution in [2.75, 3.05) is 5.32 Å². The Kier molecular flexibility index (Phi) is 2.85. The zero-order chi connectivity index (χ0) is 13.4. The molecule has 0 aliphatic heterocycles. The van der Waals surface area contributed by atoms with E-state index in [2.05, 4.69) is 15.5 Å². The molecule has 0 spiro atoms. The van der Waals surface area contributed by atoms with Gasteiger partial charge in [0.05, 0.1) is 11.9 Å². The standard InChI is InChI=1S/C13H17N5O/c1-9-7-11(17(2)16-9)13(19)15-12-5-6-14-18(12)8-10-3-4-10/h5-7,10H,3-4,8H2,1-2H3,(H,15,19). The molecule has 3 rings (SSSR count). The molecule has 0 unspecified atom stereocenters. The van der Waals surface area contributed by atoms with Crippen LogP contribution in [0.3, 0.4) is 0 Å². The maximum Gasteiger partial charge on any atom is 0.275 e. The fraction of sp³-hybridized carbons (Fsp3) is 0.462. The fourth-order valence-corrected chi connectivity index (χ4v) is 2.13. The van der Waals surface area contributed by atoms with E-state index in [0.29, 0.717) is 5.69 Å². The Morgan fingerprint density at radius 3 is 2.95 bits per heavy atom. The molecule has 0 radical (unpaired) electrons. The number of aryl methyl sites for hydroxylation is 2. The normalized spacial score (nSPS) is 14.6. The van der Waals surface area contributed by atoms with Gasteiger partial charge in [-0.3, -0.25) is 9.48 Å². The van der Waals surface area contributed by atoms with Gasteiger partial charge in [-0.1, -0.05) is 0 Å². The molecule has 1 amide bonds. The van der Waals surface area contributed by atoms with Gasteiger partial charge >= 0.3 is 0 Å². The minimum atomic E-state index is -0.152.